The molecule has 0 aliphatic rings. The van der Waals surface area contributed by atoms with Gasteiger partial charge in [0.1, 0.15) is 12.4 Å². The van der Waals surface area contributed by atoms with Crippen molar-refractivity contribution in [2.24, 2.45) is 5.92 Å². The number of carbonyl (C=O) groups is 2. The van der Waals surface area contributed by atoms with Gasteiger partial charge >= 0.3 is 5.97 Å². The normalized spacial score (nSPS) is 12.3. The summed E-state index contributed by atoms with van der Waals surface area (Å²) in [6.45, 7) is 15.8. The Bertz CT molecular complexity index is 1250. The fourth-order valence-corrected chi connectivity index (χ4v) is 4.70. The number of rotatable bonds is 12. The number of anilines is 1. The van der Waals surface area contributed by atoms with Gasteiger partial charge in [-0.15, -0.1) is 0 Å². The molecule has 0 heterocycles. The molecular weight excluding hydrogens is 486 g/mol. The Hall–Kier alpha value is -3.60. The number of aryl methyl sites for hydroxylation is 2. The van der Waals surface area contributed by atoms with Gasteiger partial charge in [-0.25, -0.2) is 0 Å². The maximum Gasteiger partial charge on any atom is 0.303 e. The van der Waals surface area contributed by atoms with E-state index in [1.54, 1.807) is 12.1 Å². The highest BCUT2D eigenvalue weighted by Gasteiger charge is 2.17. The van der Waals surface area contributed by atoms with Gasteiger partial charge in [0.15, 0.2) is 5.78 Å². The molecule has 5 heteroatoms. The van der Waals surface area contributed by atoms with Crippen LogP contribution in [0.5, 0.6) is 5.75 Å². The van der Waals surface area contributed by atoms with Crippen LogP contribution in [0.1, 0.15) is 80.9 Å². The SMILES string of the molecule is Cc1cc(OC[C@@H](Nc2ccc(C(=O)CCCC(=O)O)cc2)C(C)C)cc(C)c1-c1ccc(C(C)(C)C)cc1. The van der Waals surface area contributed by atoms with Crippen molar-refractivity contribution in [3.63, 3.8) is 0 Å². The third kappa shape index (κ3) is 8.44. The van der Waals surface area contributed by atoms with Gasteiger partial charge in [0, 0.05) is 24.1 Å². The van der Waals surface area contributed by atoms with E-state index in [-0.39, 0.29) is 30.1 Å². The average Bonchev–Trinajstić information content (AvgIpc) is 2.86. The molecule has 3 aromatic carbocycles. The van der Waals surface area contributed by atoms with E-state index in [1.165, 1.54) is 27.8 Å². The van der Waals surface area contributed by atoms with Gasteiger partial charge in [-0.2, -0.15) is 0 Å². The Morgan fingerprint density at radius 2 is 1.49 bits per heavy atom. The van der Waals surface area contributed by atoms with Crippen LogP contribution in [0, 0.1) is 19.8 Å². The van der Waals surface area contributed by atoms with Crippen molar-refractivity contribution in [1.82, 2.24) is 0 Å². The lowest BCUT2D eigenvalue weighted by Crippen LogP contribution is -2.32. The summed E-state index contributed by atoms with van der Waals surface area (Å²) in [6.07, 6.45) is 0.597. The third-order valence-corrected chi connectivity index (χ3v) is 7.13. The molecule has 0 bridgehead atoms. The lowest BCUT2D eigenvalue weighted by Gasteiger charge is -2.24. The minimum Gasteiger partial charge on any atom is -0.491 e. The van der Waals surface area contributed by atoms with E-state index in [0.717, 1.165) is 11.4 Å². The molecule has 39 heavy (non-hydrogen) atoms. The Kier molecular flexibility index (Phi) is 9.96. The topological polar surface area (TPSA) is 75.6 Å². The largest absolute Gasteiger partial charge is 0.491 e. The molecule has 5 nitrogen and oxygen atoms in total. The van der Waals surface area contributed by atoms with Gasteiger partial charge in [0.05, 0.1) is 6.04 Å². The first-order valence-electron chi connectivity index (χ1n) is 13.8. The molecule has 3 aromatic rings. The van der Waals surface area contributed by atoms with Crippen LogP contribution in [0.25, 0.3) is 11.1 Å². The number of hydrogen-bond donors (Lipinski definition) is 2. The Labute approximate surface area is 233 Å². The van der Waals surface area contributed by atoms with Gasteiger partial charge in [-0.3, -0.25) is 9.59 Å². The second kappa shape index (κ2) is 13.0. The van der Waals surface area contributed by atoms with Crippen LogP contribution >= 0.6 is 0 Å². The first kappa shape index (κ1) is 29.9. The predicted octanol–water partition coefficient (Wildman–Crippen LogP) is 8.22. The van der Waals surface area contributed by atoms with Gasteiger partial charge < -0.3 is 15.2 Å². The average molecular weight is 530 g/mol. The van der Waals surface area contributed by atoms with E-state index in [2.05, 4.69) is 90.2 Å². The summed E-state index contributed by atoms with van der Waals surface area (Å²) >= 11 is 0. The van der Waals surface area contributed by atoms with Crippen LogP contribution in [0.4, 0.5) is 5.69 Å². The van der Waals surface area contributed by atoms with Crippen LogP contribution in [-0.4, -0.2) is 29.5 Å². The van der Waals surface area contributed by atoms with E-state index in [9.17, 15) is 9.59 Å². The first-order chi connectivity index (χ1) is 18.3. The van der Waals surface area contributed by atoms with Crippen molar-refractivity contribution in [2.45, 2.75) is 79.2 Å². The van der Waals surface area contributed by atoms with Crippen LogP contribution in [0.15, 0.2) is 60.7 Å². The molecule has 0 unspecified atom stereocenters. The molecule has 208 valence electrons. The highest BCUT2D eigenvalue weighted by atomic mass is 16.5. The quantitative estimate of drug-likeness (QED) is 0.231. The molecule has 2 N–H and O–H groups in total. The van der Waals surface area contributed by atoms with Crippen LogP contribution in [-0.2, 0) is 10.2 Å². The third-order valence-electron chi connectivity index (χ3n) is 7.13. The number of hydrogen-bond acceptors (Lipinski definition) is 4. The van der Waals surface area contributed by atoms with Crippen LogP contribution in [0.3, 0.4) is 0 Å². The summed E-state index contributed by atoms with van der Waals surface area (Å²) in [5.74, 6) is 0.266. The number of carboxylic acid groups (broad SMARTS) is 1. The fraction of sp³-hybridized carbons (Fsp3) is 0.412. The molecule has 0 aromatic heterocycles. The molecule has 0 spiro atoms. The van der Waals surface area contributed by atoms with Crippen LogP contribution < -0.4 is 10.1 Å². The highest BCUT2D eigenvalue weighted by molar-refractivity contribution is 5.96. The van der Waals surface area contributed by atoms with Crippen molar-refractivity contribution in [2.75, 3.05) is 11.9 Å². The molecule has 0 saturated carbocycles. The molecular formula is C34H43NO4. The van der Waals surface area contributed by atoms with E-state index in [1.807, 2.05) is 12.1 Å². The molecule has 0 saturated heterocycles. The summed E-state index contributed by atoms with van der Waals surface area (Å²) in [7, 11) is 0. The molecule has 0 amide bonds. The van der Waals surface area contributed by atoms with E-state index < -0.39 is 5.97 Å². The summed E-state index contributed by atoms with van der Waals surface area (Å²) < 4.78 is 6.28. The molecule has 0 fully saturated rings. The first-order valence-corrected chi connectivity index (χ1v) is 13.8. The standard InChI is InChI=1S/C34H43NO4/c1-22(2)30(35-28-17-13-25(14-18-28)31(36)9-8-10-32(37)38)21-39-29-19-23(3)33(24(4)20-29)26-11-15-27(16-12-26)34(5,6)7/h11-20,22,30,35H,8-10,21H2,1-7H3,(H,37,38)/t30-/m1/s1. The fourth-order valence-electron chi connectivity index (χ4n) is 4.70. The number of benzene rings is 3. The number of ether oxygens (including phenoxy) is 1. The second-order valence-electron chi connectivity index (χ2n) is 11.8. The summed E-state index contributed by atoms with van der Waals surface area (Å²) in [4.78, 5) is 23.0. The predicted molar refractivity (Wildman–Crippen MR) is 160 cm³/mol. The van der Waals surface area contributed by atoms with E-state index in [4.69, 9.17) is 9.84 Å². The number of carboxylic acids is 1. The zero-order valence-corrected chi connectivity index (χ0v) is 24.4. The Balaban J connectivity index is 1.64. The van der Waals surface area contributed by atoms with Gasteiger partial charge in [-0.1, -0.05) is 58.9 Å². The van der Waals surface area contributed by atoms with E-state index in [0.29, 0.717) is 24.5 Å². The minimum atomic E-state index is -0.878. The monoisotopic (exact) mass is 529 g/mol. The molecule has 3 rings (SSSR count). The minimum absolute atomic E-state index is 0.00770. The number of aliphatic carboxylic acids is 1. The Morgan fingerprint density at radius 1 is 0.897 bits per heavy atom. The van der Waals surface area contributed by atoms with Crippen LogP contribution in [0.2, 0.25) is 0 Å². The van der Waals surface area contributed by atoms with Crippen molar-refractivity contribution in [3.8, 4) is 16.9 Å². The van der Waals surface area contributed by atoms with E-state index >= 15 is 0 Å². The second-order valence-corrected chi connectivity index (χ2v) is 11.8. The maximum atomic E-state index is 12.3. The molecule has 0 radical (unpaired) electrons. The van der Waals surface area contributed by atoms with Crippen molar-refractivity contribution in [1.29, 1.82) is 0 Å². The zero-order valence-electron chi connectivity index (χ0n) is 24.4. The maximum absolute atomic E-state index is 12.3. The molecule has 0 aliphatic carbocycles. The number of carbonyl (C=O) groups excluding carboxylic acids is 1. The van der Waals surface area contributed by atoms with Gasteiger partial charge in [0.25, 0.3) is 0 Å². The lowest BCUT2D eigenvalue weighted by molar-refractivity contribution is -0.137. The summed E-state index contributed by atoms with van der Waals surface area (Å²) in [5, 5.41) is 12.3. The zero-order chi connectivity index (χ0) is 28.7. The lowest BCUT2D eigenvalue weighted by atomic mass is 9.85. The molecule has 0 aliphatic heterocycles. The van der Waals surface area contributed by atoms with Crippen molar-refractivity contribution >= 4 is 17.4 Å². The van der Waals surface area contributed by atoms with Gasteiger partial charge in [-0.05, 0) is 95.8 Å². The van der Waals surface area contributed by atoms with Gasteiger partial charge in [0.2, 0.25) is 0 Å². The summed E-state index contributed by atoms with van der Waals surface area (Å²) in [6, 6.07) is 20.6. The van der Waals surface area contributed by atoms with Crippen molar-refractivity contribution < 1.29 is 19.4 Å². The van der Waals surface area contributed by atoms with Crippen molar-refractivity contribution in [3.05, 3.63) is 82.9 Å². The number of Topliss-reactive ketones (excluding diaryl/α,β-unsaturated/α-hetero) is 1. The number of nitrogens with one attached hydrogen (secondary N) is 1. The summed E-state index contributed by atoms with van der Waals surface area (Å²) in [5.41, 5.74) is 7.81. The number of ketones is 1. The molecule has 1 atom stereocenters. The Morgan fingerprint density at radius 3 is 2.00 bits per heavy atom. The smallest absolute Gasteiger partial charge is 0.303 e. The highest BCUT2D eigenvalue weighted by Crippen LogP contribution is 2.33.